The maximum atomic E-state index is 12.5. The number of nitrogens with one attached hydrogen (secondary N) is 1. The number of carboxylic acid groups (broad SMARTS) is 1. The Hall–Kier alpha value is -2.34. The van der Waals surface area contributed by atoms with Crippen LogP contribution in [0.5, 0.6) is 0 Å². The van der Waals surface area contributed by atoms with Gasteiger partial charge in [-0.3, -0.25) is 9.89 Å². The van der Waals surface area contributed by atoms with Crippen LogP contribution in [0.4, 0.5) is 0 Å². The maximum absolute atomic E-state index is 12.5. The molecule has 2 N–H and O–H groups in total. The highest BCUT2D eigenvalue weighted by Gasteiger charge is 2.26. The van der Waals surface area contributed by atoms with Crippen molar-refractivity contribution in [3.8, 4) is 0 Å². The van der Waals surface area contributed by atoms with Crippen LogP contribution in [0, 0.1) is 5.92 Å². The van der Waals surface area contributed by atoms with Gasteiger partial charge in [0.05, 0.1) is 0 Å². The van der Waals surface area contributed by atoms with Crippen LogP contribution in [0.15, 0.2) is 30.3 Å². The number of carbonyl (C=O) groups excluding carboxylic acids is 1. The van der Waals surface area contributed by atoms with Crippen LogP contribution in [0.1, 0.15) is 39.4 Å². The number of amides is 1. The van der Waals surface area contributed by atoms with Crippen LogP contribution < -0.4 is 0 Å². The summed E-state index contributed by atoms with van der Waals surface area (Å²) in [6.07, 6.45) is 2.88. The second-order valence-corrected chi connectivity index (χ2v) is 6.50. The van der Waals surface area contributed by atoms with E-state index in [1.54, 1.807) is 4.90 Å². The van der Waals surface area contributed by atoms with E-state index in [0.717, 1.165) is 19.3 Å². The van der Waals surface area contributed by atoms with Crippen LogP contribution in [-0.2, 0) is 6.42 Å². The molecule has 1 fully saturated rings. The maximum Gasteiger partial charge on any atom is 0.353 e. The van der Waals surface area contributed by atoms with Crippen molar-refractivity contribution in [3.63, 3.8) is 0 Å². The van der Waals surface area contributed by atoms with E-state index in [-0.39, 0.29) is 17.3 Å². The first kappa shape index (κ1) is 16.5. The summed E-state index contributed by atoms with van der Waals surface area (Å²) in [5, 5.41) is 15.8. The van der Waals surface area contributed by atoms with Crippen LogP contribution in [-0.4, -0.2) is 45.2 Å². The van der Waals surface area contributed by atoms with Crippen molar-refractivity contribution in [3.05, 3.63) is 52.3 Å². The molecule has 7 heteroatoms. The normalized spacial score (nSPS) is 17.7. The van der Waals surface area contributed by atoms with Gasteiger partial charge in [0.25, 0.3) is 5.91 Å². The average Bonchev–Trinajstić information content (AvgIpc) is 3.07. The van der Waals surface area contributed by atoms with Gasteiger partial charge >= 0.3 is 5.97 Å². The number of hydrogen-bond acceptors (Lipinski definition) is 3. The van der Waals surface area contributed by atoms with E-state index in [9.17, 15) is 9.59 Å². The van der Waals surface area contributed by atoms with Crippen LogP contribution in [0.25, 0.3) is 0 Å². The van der Waals surface area contributed by atoms with Crippen molar-refractivity contribution in [1.29, 1.82) is 0 Å². The molecule has 1 aliphatic rings. The third-order valence-electron chi connectivity index (χ3n) is 4.27. The Kier molecular flexibility index (Phi) is 4.85. The largest absolute Gasteiger partial charge is 0.477 e. The first-order valence-corrected chi connectivity index (χ1v) is 8.23. The molecule has 24 heavy (non-hydrogen) atoms. The first-order valence-electron chi connectivity index (χ1n) is 7.85. The van der Waals surface area contributed by atoms with Crippen molar-refractivity contribution in [2.24, 2.45) is 5.92 Å². The Morgan fingerprint density at radius 1 is 1.33 bits per heavy atom. The summed E-state index contributed by atoms with van der Waals surface area (Å²) >= 11 is 5.91. The minimum Gasteiger partial charge on any atom is -0.477 e. The second-order valence-electron chi connectivity index (χ2n) is 6.06. The van der Waals surface area contributed by atoms with Gasteiger partial charge in [0.15, 0.2) is 5.69 Å². The number of piperidine rings is 1. The zero-order valence-electron chi connectivity index (χ0n) is 13.0. The number of carboxylic acids is 1. The Labute approximate surface area is 144 Å². The lowest BCUT2D eigenvalue weighted by molar-refractivity contribution is 0.0666. The van der Waals surface area contributed by atoms with Gasteiger partial charge in [0.2, 0.25) is 0 Å². The van der Waals surface area contributed by atoms with Crippen molar-refractivity contribution >= 4 is 23.5 Å². The number of aromatic carboxylic acids is 1. The van der Waals surface area contributed by atoms with E-state index < -0.39 is 5.97 Å². The van der Waals surface area contributed by atoms with Gasteiger partial charge in [-0.05, 0) is 42.9 Å². The molecule has 0 saturated carbocycles. The molecule has 0 spiro atoms. The van der Waals surface area contributed by atoms with Crippen LogP contribution in [0.2, 0.25) is 5.02 Å². The van der Waals surface area contributed by atoms with Crippen molar-refractivity contribution in [2.75, 3.05) is 13.1 Å². The minimum atomic E-state index is -1.12. The van der Waals surface area contributed by atoms with Gasteiger partial charge in [-0.25, -0.2) is 4.79 Å². The average molecular weight is 348 g/mol. The minimum absolute atomic E-state index is 0.0759. The fourth-order valence-electron chi connectivity index (χ4n) is 3.07. The van der Waals surface area contributed by atoms with Gasteiger partial charge in [-0.15, -0.1) is 0 Å². The third-order valence-corrected chi connectivity index (χ3v) is 4.52. The van der Waals surface area contributed by atoms with Gasteiger partial charge in [-0.1, -0.05) is 23.7 Å². The zero-order valence-corrected chi connectivity index (χ0v) is 13.8. The fraction of sp³-hybridized carbons (Fsp3) is 0.353. The standard InChI is InChI=1S/C17H18ClN3O3/c18-13-5-3-11(4-6-13)8-12-2-1-7-21(10-12)16(22)14-9-15(17(23)24)20-19-14/h3-6,9,12H,1-2,7-8,10H2,(H,19,20)(H,23,24). The molecule has 6 nitrogen and oxygen atoms in total. The van der Waals surface area contributed by atoms with E-state index in [1.165, 1.54) is 11.6 Å². The molecular weight excluding hydrogens is 330 g/mol. The SMILES string of the molecule is O=C(O)c1cc(C(=O)N2CCCC(Cc3ccc(Cl)cc3)C2)n[nH]1. The number of carbonyl (C=O) groups is 2. The Bertz CT molecular complexity index is 742. The Balaban J connectivity index is 1.64. The van der Waals surface area contributed by atoms with Crippen molar-refractivity contribution in [2.45, 2.75) is 19.3 Å². The quantitative estimate of drug-likeness (QED) is 0.890. The first-order chi connectivity index (χ1) is 11.5. The topological polar surface area (TPSA) is 86.3 Å². The smallest absolute Gasteiger partial charge is 0.353 e. The molecule has 0 bridgehead atoms. The summed E-state index contributed by atoms with van der Waals surface area (Å²) in [6.45, 7) is 1.32. The number of aromatic amines is 1. The number of H-pyrrole nitrogens is 1. The molecule has 2 heterocycles. The van der Waals surface area contributed by atoms with Crippen LogP contribution >= 0.6 is 11.6 Å². The molecule has 1 saturated heterocycles. The molecule has 1 atom stereocenters. The molecule has 1 amide bonds. The lowest BCUT2D eigenvalue weighted by atomic mass is 9.91. The van der Waals surface area contributed by atoms with E-state index in [4.69, 9.17) is 16.7 Å². The predicted octanol–water partition coefficient (Wildman–Crippen LogP) is 2.86. The predicted molar refractivity (Wildman–Crippen MR) is 89.3 cm³/mol. The zero-order chi connectivity index (χ0) is 17.1. The van der Waals surface area contributed by atoms with E-state index in [2.05, 4.69) is 10.2 Å². The third kappa shape index (κ3) is 3.76. The van der Waals surface area contributed by atoms with Crippen LogP contribution in [0.3, 0.4) is 0 Å². The summed E-state index contributed by atoms with van der Waals surface area (Å²) in [6, 6.07) is 9.05. The summed E-state index contributed by atoms with van der Waals surface area (Å²) in [4.78, 5) is 25.2. The molecule has 2 aromatic rings. The summed E-state index contributed by atoms with van der Waals surface area (Å²) in [5.74, 6) is -0.970. The highest BCUT2D eigenvalue weighted by molar-refractivity contribution is 6.30. The number of nitrogens with zero attached hydrogens (tertiary/aromatic N) is 2. The highest BCUT2D eigenvalue weighted by atomic mass is 35.5. The number of halogens is 1. The molecule has 126 valence electrons. The van der Waals surface area contributed by atoms with Gasteiger partial charge in [0, 0.05) is 24.2 Å². The van der Waals surface area contributed by atoms with Gasteiger partial charge < -0.3 is 10.0 Å². The van der Waals surface area contributed by atoms with E-state index in [0.29, 0.717) is 24.0 Å². The molecule has 1 aliphatic heterocycles. The lowest BCUT2D eigenvalue weighted by Gasteiger charge is -2.32. The van der Waals surface area contributed by atoms with Crippen molar-refractivity contribution < 1.29 is 14.7 Å². The number of hydrogen-bond donors (Lipinski definition) is 2. The number of rotatable bonds is 4. The molecule has 1 aromatic heterocycles. The van der Waals surface area contributed by atoms with Gasteiger partial charge in [0.1, 0.15) is 5.69 Å². The molecule has 1 aromatic carbocycles. The van der Waals surface area contributed by atoms with E-state index in [1.807, 2.05) is 24.3 Å². The van der Waals surface area contributed by atoms with E-state index >= 15 is 0 Å². The Morgan fingerprint density at radius 3 is 2.75 bits per heavy atom. The molecule has 0 aliphatic carbocycles. The molecule has 3 rings (SSSR count). The summed E-state index contributed by atoms with van der Waals surface area (Å²) in [7, 11) is 0. The monoisotopic (exact) mass is 347 g/mol. The molecule has 1 unspecified atom stereocenters. The van der Waals surface area contributed by atoms with Gasteiger partial charge in [-0.2, -0.15) is 5.10 Å². The summed E-state index contributed by atoms with van der Waals surface area (Å²) < 4.78 is 0. The molecule has 0 radical (unpaired) electrons. The number of benzene rings is 1. The second kappa shape index (κ2) is 7.05. The number of likely N-dealkylation sites (tertiary alicyclic amines) is 1. The number of aromatic nitrogens is 2. The summed E-state index contributed by atoms with van der Waals surface area (Å²) in [5.41, 5.74) is 1.28. The fourth-order valence-corrected chi connectivity index (χ4v) is 3.20. The lowest BCUT2D eigenvalue weighted by Crippen LogP contribution is -2.40. The Morgan fingerprint density at radius 2 is 2.08 bits per heavy atom. The van der Waals surface area contributed by atoms with Crippen molar-refractivity contribution in [1.82, 2.24) is 15.1 Å². The highest BCUT2D eigenvalue weighted by Crippen LogP contribution is 2.23. The molecular formula is C17H18ClN3O3.